The Labute approximate surface area is 77.7 Å². The lowest BCUT2D eigenvalue weighted by molar-refractivity contribution is -0.127. The average molecular weight is 186 g/mol. The molecular weight excluding hydrogens is 172 g/mol. The minimum Gasteiger partial charge on any atom is -0.392 e. The molecule has 68 valence electrons. The molecule has 4 heteroatoms. The molecule has 0 spiro atoms. The summed E-state index contributed by atoms with van der Waals surface area (Å²) in [6.45, 7) is 1.80. The van der Waals surface area contributed by atoms with Crippen LogP contribution in [0.2, 0.25) is 0 Å². The number of hydrogen-bond acceptors (Lipinski definition) is 2. The van der Waals surface area contributed by atoms with Crippen LogP contribution < -0.4 is 11.1 Å². The van der Waals surface area contributed by atoms with E-state index in [0.29, 0.717) is 4.99 Å². The van der Waals surface area contributed by atoms with E-state index in [1.807, 2.05) is 0 Å². The number of nitrogens with one attached hydrogen (secondary N) is 1. The van der Waals surface area contributed by atoms with Crippen molar-refractivity contribution in [2.75, 3.05) is 0 Å². The van der Waals surface area contributed by atoms with Gasteiger partial charge < -0.3 is 11.1 Å². The molecule has 1 amide bonds. The second-order valence-corrected chi connectivity index (χ2v) is 3.73. The maximum Gasteiger partial charge on any atom is 0.223 e. The van der Waals surface area contributed by atoms with Gasteiger partial charge in [-0.05, 0) is 19.8 Å². The minimum absolute atomic E-state index is 0.0987. The van der Waals surface area contributed by atoms with Crippen LogP contribution in [0.4, 0.5) is 0 Å². The molecule has 0 heterocycles. The maximum absolute atomic E-state index is 11.3. The van der Waals surface area contributed by atoms with E-state index >= 15 is 0 Å². The Balaban J connectivity index is 2.29. The minimum atomic E-state index is -0.173. The van der Waals surface area contributed by atoms with Crippen LogP contribution >= 0.6 is 12.2 Å². The van der Waals surface area contributed by atoms with Gasteiger partial charge in [0.05, 0.1) is 11.0 Å². The van der Waals surface area contributed by atoms with E-state index in [-0.39, 0.29) is 17.9 Å². The molecule has 0 saturated heterocycles. The number of carbonyl (C=O) groups excluding carboxylic acids is 1. The van der Waals surface area contributed by atoms with Crippen LogP contribution in [0.25, 0.3) is 0 Å². The summed E-state index contributed by atoms with van der Waals surface area (Å²) in [5.41, 5.74) is 5.36. The van der Waals surface area contributed by atoms with E-state index in [0.717, 1.165) is 12.8 Å². The number of thiocarbonyl (C=S) groups is 1. The van der Waals surface area contributed by atoms with Crippen molar-refractivity contribution in [3.8, 4) is 0 Å². The zero-order valence-corrected chi connectivity index (χ0v) is 7.99. The zero-order chi connectivity index (χ0) is 9.14. The highest BCUT2D eigenvalue weighted by atomic mass is 32.1. The van der Waals surface area contributed by atoms with Crippen molar-refractivity contribution in [3.05, 3.63) is 0 Å². The van der Waals surface area contributed by atoms with Crippen molar-refractivity contribution in [2.45, 2.75) is 32.2 Å². The third-order valence-electron chi connectivity index (χ3n) is 2.26. The lowest BCUT2D eigenvalue weighted by Gasteiger charge is -2.25. The molecule has 1 unspecified atom stereocenters. The molecule has 3 nitrogen and oxygen atoms in total. The van der Waals surface area contributed by atoms with Crippen LogP contribution in [0.3, 0.4) is 0 Å². The Morgan fingerprint density at radius 1 is 1.67 bits per heavy atom. The van der Waals surface area contributed by atoms with Gasteiger partial charge in [0.2, 0.25) is 5.91 Å². The van der Waals surface area contributed by atoms with Crippen LogP contribution in [0.5, 0.6) is 0 Å². The van der Waals surface area contributed by atoms with E-state index < -0.39 is 0 Å². The summed E-state index contributed by atoms with van der Waals surface area (Å²) in [7, 11) is 0. The SMILES string of the molecule is CC(NC(=O)C1CCC1)C(N)=S. The number of carbonyl (C=O) groups is 1. The topological polar surface area (TPSA) is 55.1 Å². The van der Waals surface area contributed by atoms with Gasteiger partial charge in [0.1, 0.15) is 0 Å². The van der Waals surface area contributed by atoms with E-state index in [1.54, 1.807) is 6.92 Å². The van der Waals surface area contributed by atoms with Crippen molar-refractivity contribution in [1.82, 2.24) is 5.32 Å². The van der Waals surface area contributed by atoms with Gasteiger partial charge in [0, 0.05) is 5.92 Å². The maximum atomic E-state index is 11.3. The Morgan fingerprint density at radius 2 is 2.25 bits per heavy atom. The van der Waals surface area contributed by atoms with E-state index in [4.69, 9.17) is 18.0 Å². The normalized spacial score (nSPS) is 19.4. The van der Waals surface area contributed by atoms with Gasteiger partial charge in [-0.25, -0.2) is 0 Å². The van der Waals surface area contributed by atoms with Gasteiger partial charge in [-0.2, -0.15) is 0 Å². The van der Waals surface area contributed by atoms with Crippen LogP contribution in [-0.4, -0.2) is 16.9 Å². The fourth-order valence-corrected chi connectivity index (χ4v) is 1.13. The van der Waals surface area contributed by atoms with Crippen LogP contribution in [0.15, 0.2) is 0 Å². The summed E-state index contributed by atoms with van der Waals surface area (Å²) in [5, 5.41) is 2.78. The highest BCUT2D eigenvalue weighted by Crippen LogP contribution is 2.26. The monoisotopic (exact) mass is 186 g/mol. The van der Waals surface area contributed by atoms with Crippen molar-refractivity contribution < 1.29 is 4.79 Å². The Bertz CT molecular complexity index is 201. The molecule has 1 atom stereocenters. The molecule has 12 heavy (non-hydrogen) atoms. The summed E-state index contributed by atoms with van der Waals surface area (Å²) in [5.74, 6) is 0.309. The first kappa shape index (κ1) is 9.45. The van der Waals surface area contributed by atoms with Gasteiger partial charge in [-0.1, -0.05) is 18.6 Å². The summed E-state index contributed by atoms with van der Waals surface area (Å²) >= 11 is 4.74. The van der Waals surface area contributed by atoms with Gasteiger partial charge in [-0.15, -0.1) is 0 Å². The van der Waals surface area contributed by atoms with Crippen molar-refractivity contribution in [1.29, 1.82) is 0 Å². The zero-order valence-electron chi connectivity index (χ0n) is 7.17. The first-order chi connectivity index (χ1) is 5.61. The van der Waals surface area contributed by atoms with Gasteiger partial charge in [-0.3, -0.25) is 4.79 Å². The van der Waals surface area contributed by atoms with Crippen LogP contribution in [0, 0.1) is 5.92 Å². The fourth-order valence-electron chi connectivity index (χ4n) is 1.07. The van der Waals surface area contributed by atoms with Crippen LogP contribution in [0.1, 0.15) is 26.2 Å². The molecule has 1 rings (SSSR count). The Morgan fingerprint density at radius 3 is 2.58 bits per heavy atom. The molecule has 0 aromatic carbocycles. The third-order valence-corrected chi connectivity index (χ3v) is 2.62. The highest BCUT2D eigenvalue weighted by Gasteiger charge is 2.26. The van der Waals surface area contributed by atoms with Crippen molar-refractivity contribution in [2.24, 2.45) is 11.7 Å². The molecule has 1 fully saturated rings. The first-order valence-corrected chi connectivity index (χ1v) is 4.62. The van der Waals surface area contributed by atoms with Gasteiger partial charge in [0.15, 0.2) is 0 Å². The molecule has 1 aliphatic carbocycles. The predicted octanol–water partition coefficient (Wildman–Crippen LogP) is 0.577. The standard InChI is InChI=1S/C8H14N2OS/c1-5(7(9)12)10-8(11)6-3-2-4-6/h5-6H,2-4H2,1H3,(H2,9,12)(H,10,11). The van der Waals surface area contributed by atoms with Crippen LogP contribution in [-0.2, 0) is 4.79 Å². The number of amides is 1. The van der Waals surface area contributed by atoms with Gasteiger partial charge in [0.25, 0.3) is 0 Å². The molecule has 0 radical (unpaired) electrons. The molecule has 1 saturated carbocycles. The fraction of sp³-hybridized carbons (Fsp3) is 0.750. The highest BCUT2D eigenvalue weighted by molar-refractivity contribution is 7.80. The molecule has 1 aliphatic rings. The predicted molar refractivity (Wildman–Crippen MR) is 51.7 cm³/mol. The van der Waals surface area contributed by atoms with Crippen molar-refractivity contribution in [3.63, 3.8) is 0 Å². The van der Waals surface area contributed by atoms with Gasteiger partial charge >= 0.3 is 0 Å². The lowest BCUT2D eigenvalue weighted by atomic mass is 9.84. The molecule has 0 aromatic rings. The first-order valence-electron chi connectivity index (χ1n) is 4.21. The molecule has 0 aromatic heterocycles. The summed E-state index contributed by atoms with van der Waals surface area (Å²) < 4.78 is 0. The number of nitrogens with two attached hydrogens (primary N) is 1. The average Bonchev–Trinajstić information content (AvgIpc) is 1.82. The van der Waals surface area contributed by atoms with E-state index in [9.17, 15) is 4.79 Å². The summed E-state index contributed by atoms with van der Waals surface area (Å²) in [6.07, 6.45) is 3.19. The molecule has 0 bridgehead atoms. The van der Waals surface area contributed by atoms with E-state index in [2.05, 4.69) is 5.32 Å². The smallest absolute Gasteiger partial charge is 0.223 e. The summed E-state index contributed by atoms with van der Waals surface area (Å²) in [6, 6.07) is -0.173. The largest absolute Gasteiger partial charge is 0.392 e. The number of rotatable bonds is 3. The Hall–Kier alpha value is -0.640. The second kappa shape index (κ2) is 3.85. The van der Waals surface area contributed by atoms with E-state index in [1.165, 1.54) is 6.42 Å². The Kier molecular flexibility index (Phi) is 3.03. The lowest BCUT2D eigenvalue weighted by Crippen LogP contribution is -2.45. The molecular formula is C8H14N2OS. The third kappa shape index (κ3) is 2.17. The quantitative estimate of drug-likeness (QED) is 0.634. The van der Waals surface area contributed by atoms with Crippen molar-refractivity contribution >= 4 is 23.1 Å². The second-order valence-electron chi connectivity index (χ2n) is 3.26. The molecule has 0 aliphatic heterocycles. The molecule has 3 N–H and O–H groups in total. The summed E-state index contributed by atoms with van der Waals surface area (Å²) in [4.78, 5) is 11.7. The number of hydrogen-bond donors (Lipinski definition) is 2.